The molecule has 164 valence electrons. The maximum absolute atomic E-state index is 13.5. The molecule has 6 nitrogen and oxygen atoms in total. The summed E-state index contributed by atoms with van der Waals surface area (Å²) < 4.78 is 19.0. The van der Waals surface area contributed by atoms with Gasteiger partial charge < -0.3 is 14.5 Å². The SMILES string of the molecule is O=C([C@@H]1CCCO1)N1CCN(CCC(=O)N2CCC[C@@H]2Cc2cccc(F)c2)CC1. The Labute approximate surface area is 177 Å². The van der Waals surface area contributed by atoms with Gasteiger partial charge in [0.15, 0.2) is 0 Å². The predicted octanol–water partition coefficient (Wildman–Crippen LogP) is 2.07. The fraction of sp³-hybridized carbons (Fsp3) is 0.652. The number of carbonyl (C=O) groups is 2. The summed E-state index contributed by atoms with van der Waals surface area (Å²) in [6.45, 7) is 5.23. The summed E-state index contributed by atoms with van der Waals surface area (Å²) >= 11 is 0. The minimum atomic E-state index is -0.247. The van der Waals surface area contributed by atoms with Crippen LogP contribution in [0.15, 0.2) is 24.3 Å². The Morgan fingerprint density at radius 2 is 1.90 bits per heavy atom. The highest BCUT2D eigenvalue weighted by molar-refractivity contribution is 5.81. The molecule has 3 aliphatic rings. The molecule has 0 aliphatic carbocycles. The number of halogens is 1. The zero-order valence-electron chi connectivity index (χ0n) is 17.6. The van der Waals surface area contributed by atoms with E-state index in [1.807, 2.05) is 15.9 Å². The molecule has 3 fully saturated rings. The van der Waals surface area contributed by atoms with Crippen LogP contribution in [0.1, 0.15) is 37.7 Å². The normalized spacial score (nSPS) is 25.1. The number of ether oxygens (including phenoxy) is 1. The Balaban J connectivity index is 1.21. The number of hydrogen-bond acceptors (Lipinski definition) is 4. The second-order valence-electron chi connectivity index (χ2n) is 8.64. The monoisotopic (exact) mass is 417 g/mol. The van der Waals surface area contributed by atoms with E-state index in [-0.39, 0.29) is 29.8 Å². The van der Waals surface area contributed by atoms with Crippen LogP contribution in [0.2, 0.25) is 0 Å². The smallest absolute Gasteiger partial charge is 0.251 e. The van der Waals surface area contributed by atoms with Crippen molar-refractivity contribution in [3.8, 4) is 0 Å². The van der Waals surface area contributed by atoms with E-state index in [1.54, 1.807) is 12.1 Å². The van der Waals surface area contributed by atoms with Crippen molar-refractivity contribution in [1.29, 1.82) is 0 Å². The molecule has 4 rings (SSSR count). The highest BCUT2D eigenvalue weighted by Crippen LogP contribution is 2.23. The lowest BCUT2D eigenvalue weighted by Gasteiger charge is -2.36. The van der Waals surface area contributed by atoms with Crippen LogP contribution >= 0.6 is 0 Å². The first kappa shape index (κ1) is 21.2. The number of likely N-dealkylation sites (tertiary alicyclic amines) is 1. The van der Waals surface area contributed by atoms with Crippen LogP contribution in [0.25, 0.3) is 0 Å². The van der Waals surface area contributed by atoms with E-state index < -0.39 is 0 Å². The van der Waals surface area contributed by atoms with Gasteiger partial charge in [0.25, 0.3) is 5.91 Å². The van der Waals surface area contributed by atoms with Gasteiger partial charge in [-0.3, -0.25) is 14.5 Å². The lowest BCUT2D eigenvalue weighted by Crippen LogP contribution is -2.52. The van der Waals surface area contributed by atoms with Crippen LogP contribution in [0, 0.1) is 5.82 Å². The molecular formula is C23H32FN3O3. The average Bonchev–Trinajstić information content (AvgIpc) is 3.44. The van der Waals surface area contributed by atoms with Gasteiger partial charge in [0.05, 0.1) is 0 Å². The minimum absolute atomic E-state index is 0.125. The van der Waals surface area contributed by atoms with Gasteiger partial charge in [-0.15, -0.1) is 0 Å². The molecule has 2 atom stereocenters. The number of hydrogen-bond donors (Lipinski definition) is 0. The van der Waals surface area contributed by atoms with Crippen molar-refractivity contribution in [2.45, 2.75) is 50.7 Å². The second kappa shape index (κ2) is 9.88. The largest absolute Gasteiger partial charge is 0.368 e. The third-order valence-electron chi connectivity index (χ3n) is 6.59. The minimum Gasteiger partial charge on any atom is -0.368 e. The van der Waals surface area contributed by atoms with Crippen molar-refractivity contribution in [2.75, 3.05) is 45.9 Å². The highest BCUT2D eigenvalue weighted by atomic mass is 19.1. The van der Waals surface area contributed by atoms with Gasteiger partial charge >= 0.3 is 0 Å². The van der Waals surface area contributed by atoms with Crippen LogP contribution < -0.4 is 0 Å². The van der Waals surface area contributed by atoms with Gasteiger partial charge in [-0.25, -0.2) is 4.39 Å². The van der Waals surface area contributed by atoms with E-state index in [2.05, 4.69) is 4.90 Å². The maximum Gasteiger partial charge on any atom is 0.251 e. The van der Waals surface area contributed by atoms with Crippen molar-refractivity contribution < 1.29 is 18.7 Å². The number of piperazine rings is 1. The predicted molar refractivity (Wildman–Crippen MR) is 111 cm³/mol. The molecule has 0 unspecified atom stereocenters. The molecule has 3 saturated heterocycles. The van der Waals surface area contributed by atoms with Crippen LogP contribution in [0.4, 0.5) is 4.39 Å². The number of carbonyl (C=O) groups excluding carboxylic acids is 2. The van der Waals surface area contributed by atoms with E-state index in [0.29, 0.717) is 32.5 Å². The lowest BCUT2D eigenvalue weighted by molar-refractivity contribution is -0.143. The van der Waals surface area contributed by atoms with Crippen molar-refractivity contribution in [3.63, 3.8) is 0 Å². The molecule has 0 bridgehead atoms. The molecule has 1 aromatic carbocycles. The van der Waals surface area contributed by atoms with Gasteiger partial charge in [0.1, 0.15) is 11.9 Å². The van der Waals surface area contributed by atoms with Gasteiger partial charge in [-0.1, -0.05) is 12.1 Å². The first-order chi connectivity index (χ1) is 14.6. The molecule has 3 aliphatic heterocycles. The third kappa shape index (κ3) is 5.19. The number of benzene rings is 1. The summed E-state index contributed by atoms with van der Waals surface area (Å²) in [6.07, 6.45) is 4.76. The summed E-state index contributed by atoms with van der Waals surface area (Å²) in [7, 11) is 0. The van der Waals surface area contributed by atoms with Crippen molar-refractivity contribution >= 4 is 11.8 Å². The average molecular weight is 418 g/mol. The zero-order valence-corrected chi connectivity index (χ0v) is 17.6. The standard InChI is InChI=1S/C23H32FN3O3/c24-19-5-1-4-18(16-19)17-20-6-2-9-27(20)22(28)8-10-25-11-13-26(14-12-25)23(29)21-7-3-15-30-21/h1,4-5,16,20-21H,2-3,6-15,17H2/t20-,21+/m1/s1. The fourth-order valence-corrected chi connectivity index (χ4v) is 4.88. The van der Waals surface area contributed by atoms with E-state index in [1.165, 1.54) is 6.07 Å². The highest BCUT2D eigenvalue weighted by Gasteiger charge is 2.31. The molecular weight excluding hydrogens is 385 g/mol. The van der Waals surface area contributed by atoms with E-state index >= 15 is 0 Å². The number of rotatable bonds is 6. The lowest BCUT2D eigenvalue weighted by atomic mass is 10.0. The Bertz CT molecular complexity index is 745. The Morgan fingerprint density at radius 1 is 1.07 bits per heavy atom. The number of nitrogens with zero attached hydrogens (tertiary/aromatic N) is 3. The van der Waals surface area contributed by atoms with Crippen LogP contribution in [-0.4, -0.2) is 84.5 Å². The summed E-state index contributed by atoms with van der Waals surface area (Å²) in [4.78, 5) is 31.5. The van der Waals surface area contributed by atoms with Crippen molar-refractivity contribution in [2.24, 2.45) is 0 Å². The Hall–Kier alpha value is -1.99. The summed E-state index contributed by atoms with van der Waals surface area (Å²) in [5.74, 6) is 0.0905. The molecule has 7 heteroatoms. The molecule has 30 heavy (non-hydrogen) atoms. The number of amides is 2. The molecule has 2 amide bonds. The molecule has 0 saturated carbocycles. The zero-order chi connectivity index (χ0) is 20.9. The summed E-state index contributed by atoms with van der Waals surface area (Å²) in [6, 6.07) is 6.85. The Morgan fingerprint density at radius 3 is 2.63 bits per heavy atom. The summed E-state index contributed by atoms with van der Waals surface area (Å²) in [5.41, 5.74) is 0.951. The van der Waals surface area contributed by atoms with E-state index in [9.17, 15) is 14.0 Å². The molecule has 0 aromatic heterocycles. The molecule has 1 aromatic rings. The Kier molecular flexibility index (Phi) is 7.00. The van der Waals surface area contributed by atoms with Crippen LogP contribution in [-0.2, 0) is 20.7 Å². The first-order valence-corrected chi connectivity index (χ1v) is 11.3. The third-order valence-corrected chi connectivity index (χ3v) is 6.59. The quantitative estimate of drug-likeness (QED) is 0.711. The van der Waals surface area contributed by atoms with E-state index in [4.69, 9.17) is 4.74 Å². The van der Waals surface area contributed by atoms with Gasteiger partial charge in [0.2, 0.25) is 5.91 Å². The van der Waals surface area contributed by atoms with Crippen molar-refractivity contribution in [1.82, 2.24) is 14.7 Å². The molecule has 0 N–H and O–H groups in total. The van der Waals surface area contributed by atoms with Gasteiger partial charge in [0, 0.05) is 58.3 Å². The van der Waals surface area contributed by atoms with Gasteiger partial charge in [-0.2, -0.15) is 0 Å². The topological polar surface area (TPSA) is 53.1 Å². The summed E-state index contributed by atoms with van der Waals surface area (Å²) in [5, 5.41) is 0. The second-order valence-corrected chi connectivity index (χ2v) is 8.64. The van der Waals surface area contributed by atoms with Gasteiger partial charge in [-0.05, 0) is 49.8 Å². The van der Waals surface area contributed by atoms with Crippen LogP contribution in [0.3, 0.4) is 0 Å². The van der Waals surface area contributed by atoms with Crippen LogP contribution in [0.5, 0.6) is 0 Å². The fourth-order valence-electron chi connectivity index (χ4n) is 4.88. The molecule has 3 heterocycles. The molecule has 0 spiro atoms. The first-order valence-electron chi connectivity index (χ1n) is 11.3. The van der Waals surface area contributed by atoms with Crippen molar-refractivity contribution in [3.05, 3.63) is 35.6 Å². The maximum atomic E-state index is 13.5. The van der Waals surface area contributed by atoms with E-state index in [0.717, 1.165) is 57.4 Å². The molecule has 0 radical (unpaired) electrons.